The molecule has 88 valence electrons. The highest BCUT2D eigenvalue weighted by Gasteiger charge is 2.35. The summed E-state index contributed by atoms with van der Waals surface area (Å²) in [6.45, 7) is 0.460. The van der Waals surface area contributed by atoms with Gasteiger partial charge in [-0.1, -0.05) is 0 Å². The smallest absolute Gasteiger partial charge is 0.266 e. The maximum Gasteiger partial charge on any atom is 0.266 e. The molecule has 1 aliphatic rings. The van der Waals surface area contributed by atoms with Gasteiger partial charge in [0.05, 0.1) is 11.8 Å². The highest BCUT2D eigenvalue weighted by Crippen LogP contribution is 2.27. The van der Waals surface area contributed by atoms with Crippen LogP contribution in [0.2, 0.25) is 0 Å². The molecule has 0 amide bonds. The number of hydrogen-bond donors (Lipinski definition) is 1. The quantitative estimate of drug-likeness (QED) is 0.743. The molecule has 0 saturated heterocycles. The van der Waals surface area contributed by atoms with Crippen LogP contribution in [0.4, 0.5) is 0 Å². The SMILES string of the molecule is O=c1cccnn1CCNS(=O)(=O)C1CC1. The van der Waals surface area contributed by atoms with E-state index in [0.717, 1.165) is 12.8 Å². The fourth-order valence-electron chi connectivity index (χ4n) is 1.35. The molecule has 1 aliphatic carbocycles. The predicted molar refractivity (Wildman–Crippen MR) is 58.4 cm³/mol. The number of sulfonamides is 1. The monoisotopic (exact) mass is 243 g/mol. The zero-order valence-electron chi connectivity index (χ0n) is 8.67. The van der Waals surface area contributed by atoms with E-state index in [9.17, 15) is 13.2 Å². The molecule has 6 nitrogen and oxygen atoms in total. The Morgan fingerprint density at radius 2 is 2.25 bits per heavy atom. The summed E-state index contributed by atoms with van der Waals surface area (Å²) in [6.07, 6.45) is 2.97. The van der Waals surface area contributed by atoms with E-state index < -0.39 is 10.0 Å². The van der Waals surface area contributed by atoms with Crippen LogP contribution in [0.15, 0.2) is 23.1 Å². The predicted octanol–water partition coefficient (Wildman–Crippen LogP) is -0.675. The van der Waals surface area contributed by atoms with Crippen molar-refractivity contribution < 1.29 is 8.42 Å². The maximum atomic E-state index is 11.4. The van der Waals surface area contributed by atoms with Crippen molar-refractivity contribution in [3.05, 3.63) is 28.7 Å². The zero-order chi connectivity index (χ0) is 11.6. The minimum absolute atomic E-state index is 0.204. The first kappa shape index (κ1) is 11.3. The second-order valence-corrected chi connectivity index (χ2v) is 5.77. The van der Waals surface area contributed by atoms with E-state index in [1.807, 2.05) is 0 Å². The summed E-state index contributed by atoms with van der Waals surface area (Å²) in [5.74, 6) is 0. The molecule has 0 atom stereocenters. The van der Waals surface area contributed by atoms with Crippen LogP contribution in [0, 0.1) is 0 Å². The van der Waals surface area contributed by atoms with Gasteiger partial charge in [-0.25, -0.2) is 17.8 Å². The molecule has 1 N–H and O–H groups in total. The average molecular weight is 243 g/mol. The van der Waals surface area contributed by atoms with Crippen LogP contribution >= 0.6 is 0 Å². The van der Waals surface area contributed by atoms with E-state index in [2.05, 4.69) is 9.82 Å². The third kappa shape index (κ3) is 2.67. The van der Waals surface area contributed by atoms with Gasteiger partial charge >= 0.3 is 0 Å². The Labute approximate surface area is 93.3 Å². The van der Waals surface area contributed by atoms with Crippen LogP contribution in [-0.2, 0) is 16.6 Å². The molecule has 0 spiro atoms. The number of nitrogens with zero attached hydrogens (tertiary/aromatic N) is 2. The van der Waals surface area contributed by atoms with Crippen molar-refractivity contribution in [2.45, 2.75) is 24.6 Å². The molecule has 1 heterocycles. The van der Waals surface area contributed by atoms with Gasteiger partial charge in [0.1, 0.15) is 0 Å². The Balaban J connectivity index is 1.89. The summed E-state index contributed by atoms with van der Waals surface area (Å²) in [7, 11) is -3.16. The molecule has 16 heavy (non-hydrogen) atoms. The molecule has 0 aromatic carbocycles. The van der Waals surface area contributed by atoms with Crippen molar-refractivity contribution in [1.82, 2.24) is 14.5 Å². The summed E-state index contributed by atoms with van der Waals surface area (Å²) in [5.41, 5.74) is -0.229. The Kier molecular flexibility index (Phi) is 3.06. The van der Waals surface area contributed by atoms with Gasteiger partial charge in [0.15, 0.2) is 0 Å². The lowest BCUT2D eigenvalue weighted by molar-refractivity contribution is 0.546. The third-order valence-electron chi connectivity index (χ3n) is 2.38. The van der Waals surface area contributed by atoms with Crippen LogP contribution in [-0.4, -0.2) is 30.0 Å². The lowest BCUT2D eigenvalue weighted by atomic mass is 10.5. The Morgan fingerprint density at radius 1 is 1.50 bits per heavy atom. The van der Waals surface area contributed by atoms with Crippen molar-refractivity contribution in [3.63, 3.8) is 0 Å². The Hall–Kier alpha value is -1.21. The van der Waals surface area contributed by atoms with Gasteiger partial charge in [-0.15, -0.1) is 0 Å². The second-order valence-electron chi connectivity index (χ2n) is 3.72. The van der Waals surface area contributed by atoms with Crippen LogP contribution in [0.3, 0.4) is 0 Å². The van der Waals surface area contributed by atoms with Gasteiger partial charge in [-0.05, 0) is 18.9 Å². The van der Waals surface area contributed by atoms with Gasteiger partial charge in [0.2, 0.25) is 10.0 Å². The van der Waals surface area contributed by atoms with E-state index in [-0.39, 0.29) is 23.9 Å². The molecule has 0 unspecified atom stereocenters. The van der Waals surface area contributed by atoms with Crippen molar-refractivity contribution in [1.29, 1.82) is 0 Å². The Morgan fingerprint density at radius 3 is 2.88 bits per heavy atom. The minimum Gasteiger partial charge on any atom is -0.268 e. The summed E-state index contributed by atoms with van der Waals surface area (Å²) < 4.78 is 26.6. The van der Waals surface area contributed by atoms with E-state index in [1.165, 1.54) is 16.9 Å². The van der Waals surface area contributed by atoms with E-state index in [4.69, 9.17) is 0 Å². The summed E-state index contributed by atoms with van der Waals surface area (Å²) in [6, 6.07) is 2.94. The lowest BCUT2D eigenvalue weighted by Crippen LogP contribution is -2.33. The van der Waals surface area contributed by atoms with Gasteiger partial charge < -0.3 is 0 Å². The largest absolute Gasteiger partial charge is 0.268 e. The summed E-state index contributed by atoms with van der Waals surface area (Å²) in [5, 5.41) is 3.60. The van der Waals surface area contributed by atoms with Crippen LogP contribution < -0.4 is 10.3 Å². The number of rotatable bonds is 5. The van der Waals surface area contributed by atoms with E-state index >= 15 is 0 Å². The first-order chi connectivity index (χ1) is 7.59. The minimum atomic E-state index is -3.16. The molecular weight excluding hydrogens is 230 g/mol. The van der Waals surface area contributed by atoms with Crippen LogP contribution in [0.1, 0.15) is 12.8 Å². The van der Waals surface area contributed by atoms with Crippen molar-refractivity contribution >= 4 is 10.0 Å². The fraction of sp³-hybridized carbons (Fsp3) is 0.556. The van der Waals surface area contributed by atoms with Crippen molar-refractivity contribution in [3.8, 4) is 0 Å². The average Bonchev–Trinajstić information content (AvgIpc) is 3.04. The van der Waals surface area contributed by atoms with Crippen molar-refractivity contribution in [2.24, 2.45) is 0 Å². The van der Waals surface area contributed by atoms with Gasteiger partial charge in [-0.2, -0.15) is 5.10 Å². The normalized spacial score (nSPS) is 16.2. The molecule has 0 radical (unpaired) electrons. The molecule has 7 heteroatoms. The fourth-order valence-corrected chi connectivity index (χ4v) is 2.71. The third-order valence-corrected chi connectivity index (χ3v) is 4.33. The van der Waals surface area contributed by atoms with Crippen LogP contribution in [0.5, 0.6) is 0 Å². The molecule has 2 rings (SSSR count). The van der Waals surface area contributed by atoms with E-state index in [0.29, 0.717) is 0 Å². The highest BCUT2D eigenvalue weighted by molar-refractivity contribution is 7.90. The van der Waals surface area contributed by atoms with Gasteiger partial charge in [-0.3, -0.25) is 4.79 Å². The Bertz CT molecular complexity index is 519. The highest BCUT2D eigenvalue weighted by atomic mass is 32.2. The molecule has 1 aromatic heterocycles. The molecule has 0 bridgehead atoms. The van der Waals surface area contributed by atoms with Crippen LogP contribution in [0.25, 0.3) is 0 Å². The molecule has 0 aliphatic heterocycles. The van der Waals surface area contributed by atoms with Gasteiger partial charge in [0, 0.05) is 18.8 Å². The molecular formula is C9H13N3O3S. The number of hydrogen-bond acceptors (Lipinski definition) is 4. The zero-order valence-corrected chi connectivity index (χ0v) is 9.48. The molecule has 1 aromatic rings. The standard InChI is InChI=1S/C9H13N3O3S/c13-9-2-1-5-10-12(9)7-6-11-16(14,15)8-3-4-8/h1-2,5,8,11H,3-4,6-7H2. The maximum absolute atomic E-state index is 11.4. The first-order valence-electron chi connectivity index (χ1n) is 5.10. The molecule has 1 fully saturated rings. The topological polar surface area (TPSA) is 81.1 Å². The molecule has 1 saturated carbocycles. The van der Waals surface area contributed by atoms with E-state index in [1.54, 1.807) is 6.07 Å². The first-order valence-corrected chi connectivity index (χ1v) is 6.65. The van der Waals surface area contributed by atoms with Crippen molar-refractivity contribution in [2.75, 3.05) is 6.54 Å². The summed E-state index contributed by atoms with van der Waals surface area (Å²) >= 11 is 0. The second kappa shape index (κ2) is 4.34. The number of aromatic nitrogens is 2. The number of nitrogens with one attached hydrogen (secondary N) is 1. The van der Waals surface area contributed by atoms with Gasteiger partial charge in [0.25, 0.3) is 5.56 Å². The lowest BCUT2D eigenvalue weighted by Gasteiger charge is -2.05. The summed E-state index contributed by atoms with van der Waals surface area (Å²) in [4.78, 5) is 11.2.